The molecule has 7 nitrogen and oxygen atoms in total. The van der Waals surface area contributed by atoms with Gasteiger partial charge < -0.3 is 18.9 Å². The van der Waals surface area contributed by atoms with E-state index in [0.29, 0.717) is 0 Å². The first-order chi connectivity index (χ1) is 13.8. The first-order valence-corrected chi connectivity index (χ1v) is 9.07. The van der Waals surface area contributed by atoms with Gasteiger partial charge in [0, 0.05) is 10.5 Å². The molecule has 2 aliphatic rings. The van der Waals surface area contributed by atoms with E-state index in [-0.39, 0.29) is 13.2 Å². The highest BCUT2D eigenvalue weighted by Crippen LogP contribution is 2.36. The lowest BCUT2D eigenvalue weighted by molar-refractivity contribution is -0.327. The van der Waals surface area contributed by atoms with Crippen LogP contribution < -0.4 is 0 Å². The van der Waals surface area contributed by atoms with Crippen molar-refractivity contribution in [2.24, 2.45) is 5.11 Å². The van der Waals surface area contributed by atoms with Gasteiger partial charge in [0.05, 0.1) is 19.3 Å². The van der Waals surface area contributed by atoms with Crippen LogP contribution in [-0.2, 0) is 25.6 Å². The van der Waals surface area contributed by atoms with Crippen LogP contribution in [0.15, 0.2) is 65.8 Å². The molecule has 2 aliphatic heterocycles. The average Bonchev–Trinajstić information content (AvgIpc) is 2.74. The lowest BCUT2D eigenvalue weighted by Crippen LogP contribution is -2.60. The van der Waals surface area contributed by atoms with Crippen LogP contribution in [0, 0.1) is 0 Å². The number of azide groups is 1. The largest absolute Gasteiger partial charge is 0.367 e. The summed E-state index contributed by atoms with van der Waals surface area (Å²) in [6.07, 6.45) is -4.83. The van der Waals surface area contributed by atoms with Gasteiger partial charge in [0.1, 0.15) is 18.3 Å². The van der Waals surface area contributed by atoms with Crippen molar-refractivity contribution in [3.63, 3.8) is 0 Å². The summed E-state index contributed by atoms with van der Waals surface area (Å²) >= 11 is 0. The number of fused-ring (bicyclic) bond motifs is 1. The fourth-order valence-corrected chi connectivity index (χ4v) is 3.47. The Bertz CT molecular complexity index is 819. The minimum Gasteiger partial charge on any atom is -0.367 e. The van der Waals surface area contributed by atoms with E-state index in [9.17, 15) is 4.39 Å². The van der Waals surface area contributed by atoms with Gasteiger partial charge in [-0.15, -0.1) is 0 Å². The Hall–Kier alpha value is -2.48. The fraction of sp³-hybridized carbons (Fsp3) is 0.400. The molecule has 0 saturated carbocycles. The van der Waals surface area contributed by atoms with Gasteiger partial charge >= 0.3 is 0 Å². The van der Waals surface area contributed by atoms with E-state index in [0.717, 1.165) is 11.1 Å². The number of rotatable bonds is 5. The maximum Gasteiger partial charge on any atom is 0.226 e. The maximum absolute atomic E-state index is 14.7. The highest BCUT2D eigenvalue weighted by atomic mass is 19.1. The van der Waals surface area contributed by atoms with Crippen LogP contribution in [0.1, 0.15) is 17.4 Å². The van der Waals surface area contributed by atoms with E-state index in [2.05, 4.69) is 10.0 Å². The fourth-order valence-electron chi connectivity index (χ4n) is 3.47. The molecule has 4 rings (SSSR count). The van der Waals surface area contributed by atoms with E-state index < -0.39 is 37.0 Å². The average molecular weight is 385 g/mol. The monoisotopic (exact) mass is 385 g/mol. The van der Waals surface area contributed by atoms with Gasteiger partial charge in [-0.2, -0.15) is 0 Å². The van der Waals surface area contributed by atoms with Crippen molar-refractivity contribution in [3.05, 3.63) is 82.2 Å². The van der Waals surface area contributed by atoms with E-state index in [1.807, 2.05) is 60.7 Å². The number of halogens is 1. The van der Waals surface area contributed by atoms with Crippen LogP contribution in [0.2, 0.25) is 0 Å². The van der Waals surface area contributed by atoms with E-state index in [1.54, 1.807) is 0 Å². The topological polar surface area (TPSA) is 85.7 Å². The van der Waals surface area contributed by atoms with Crippen LogP contribution in [0.3, 0.4) is 0 Å². The molecule has 0 N–H and O–H groups in total. The van der Waals surface area contributed by atoms with Crippen LogP contribution in [0.4, 0.5) is 4.39 Å². The lowest BCUT2D eigenvalue weighted by atomic mass is 9.96. The Morgan fingerprint density at radius 3 is 2.50 bits per heavy atom. The third kappa shape index (κ3) is 4.01. The van der Waals surface area contributed by atoms with Gasteiger partial charge in [0.15, 0.2) is 6.29 Å². The molecular formula is C20H20FN3O4. The van der Waals surface area contributed by atoms with Crippen LogP contribution in [-0.4, -0.2) is 37.3 Å². The molecule has 28 heavy (non-hydrogen) atoms. The standard InChI is InChI=1S/C20H20FN3O4/c21-19-18(25-11-13-7-3-1-4-8-13)16(23-24-22)17-15(27-19)12-26-20(28-17)14-9-5-2-6-10-14/h1-10,15-20H,11-12H2/t15-,16-,17-,18-,19-,20?/m1/s1. The van der Waals surface area contributed by atoms with E-state index in [1.165, 1.54) is 0 Å². The number of benzene rings is 2. The molecule has 2 heterocycles. The molecule has 2 aromatic rings. The van der Waals surface area contributed by atoms with Crippen molar-refractivity contribution in [1.82, 2.24) is 0 Å². The predicted molar refractivity (Wildman–Crippen MR) is 97.7 cm³/mol. The number of ether oxygens (including phenoxy) is 4. The number of alkyl halides is 1. The zero-order valence-corrected chi connectivity index (χ0v) is 15.0. The second-order valence-corrected chi connectivity index (χ2v) is 6.66. The first kappa shape index (κ1) is 18.9. The second-order valence-electron chi connectivity index (χ2n) is 6.66. The summed E-state index contributed by atoms with van der Waals surface area (Å²) < 4.78 is 37.5. The molecular weight excluding hydrogens is 365 g/mol. The summed E-state index contributed by atoms with van der Waals surface area (Å²) in [4.78, 5) is 2.89. The first-order valence-electron chi connectivity index (χ1n) is 9.07. The molecule has 0 radical (unpaired) electrons. The third-order valence-corrected chi connectivity index (χ3v) is 4.84. The number of hydrogen-bond donors (Lipinski definition) is 0. The normalized spacial score (nSPS) is 32.2. The Labute approximate surface area is 161 Å². The molecule has 2 fully saturated rings. The SMILES string of the molecule is [N-]=[N+]=N[C@H]1[C@@H](OCc2ccccc2)[C@H](F)O[C@@H]2COC(c3ccccc3)O[C@@H]12. The van der Waals surface area contributed by atoms with Crippen molar-refractivity contribution < 1.29 is 23.3 Å². The van der Waals surface area contributed by atoms with Gasteiger partial charge in [0.2, 0.25) is 6.36 Å². The van der Waals surface area contributed by atoms with Gasteiger partial charge in [-0.1, -0.05) is 65.8 Å². The van der Waals surface area contributed by atoms with Crippen molar-refractivity contribution >= 4 is 0 Å². The Kier molecular flexibility index (Phi) is 5.85. The summed E-state index contributed by atoms with van der Waals surface area (Å²) in [6.45, 7) is 0.302. The van der Waals surface area contributed by atoms with Crippen molar-refractivity contribution in [3.8, 4) is 0 Å². The molecule has 0 aromatic heterocycles. The van der Waals surface area contributed by atoms with Gasteiger partial charge in [0.25, 0.3) is 0 Å². The third-order valence-electron chi connectivity index (χ3n) is 4.84. The molecule has 146 valence electrons. The zero-order chi connectivity index (χ0) is 19.3. The van der Waals surface area contributed by atoms with Gasteiger partial charge in [-0.25, -0.2) is 4.39 Å². The molecule has 0 amide bonds. The van der Waals surface area contributed by atoms with Gasteiger partial charge in [-0.3, -0.25) is 0 Å². The second kappa shape index (κ2) is 8.68. The smallest absolute Gasteiger partial charge is 0.226 e. The zero-order valence-electron chi connectivity index (χ0n) is 15.0. The Morgan fingerprint density at radius 1 is 1.07 bits per heavy atom. The summed E-state index contributed by atoms with van der Waals surface area (Å²) in [5, 5.41) is 3.80. The summed E-state index contributed by atoms with van der Waals surface area (Å²) in [6, 6.07) is 17.9. The summed E-state index contributed by atoms with van der Waals surface area (Å²) in [5.74, 6) is 0. The Balaban J connectivity index is 1.52. The molecule has 1 unspecified atom stereocenters. The summed E-state index contributed by atoms with van der Waals surface area (Å²) in [5.41, 5.74) is 10.7. The van der Waals surface area contributed by atoms with E-state index in [4.69, 9.17) is 24.5 Å². The Morgan fingerprint density at radius 2 is 1.79 bits per heavy atom. The maximum atomic E-state index is 14.7. The number of hydrogen-bond acceptors (Lipinski definition) is 5. The molecule has 2 aromatic carbocycles. The lowest BCUT2D eigenvalue weighted by Gasteiger charge is -2.46. The van der Waals surface area contributed by atoms with Crippen LogP contribution in [0.5, 0.6) is 0 Å². The highest BCUT2D eigenvalue weighted by molar-refractivity contribution is 5.17. The molecule has 8 heteroatoms. The molecule has 0 bridgehead atoms. The summed E-state index contributed by atoms with van der Waals surface area (Å²) in [7, 11) is 0. The molecule has 2 saturated heterocycles. The minimum atomic E-state index is -1.75. The molecule has 6 atom stereocenters. The van der Waals surface area contributed by atoms with Crippen molar-refractivity contribution in [2.45, 2.75) is 43.6 Å². The highest BCUT2D eigenvalue weighted by Gasteiger charge is 2.50. The van der Waals surface area contributed by atoms with Gasteiger partial charge in [-0.05, 0) is 11.1 Å². The quantitative estimate of drug-likeness (QED) is 0.441. The number of nitrogens with zero attached hydrogens (tertiary/aromatic N) is 3. The van der Waals surface area contributed by atoms with Crippen LogP contribution >= 0.6 is 0 Å². The predicted octanol–water partition coefficient (Wildman–Crippen LogP) is 4.06. The molecule has 0 spiro atoms. The minimum absolute atomic E-state index is 0.132. The van der Waals surface area contributed by atoms with Crippen molar-refractivity contribution in [1.29, 1.82) is 0 Å². The van der Waals surface area contributed by atoms with E-state index >= 15 is 0 Å². The molecule has 0 aliphatic carbocycles. The van der Waals surface area contributed by atoms with Crippen molar-refractivity contribution in [2.75, 3.05) is 6.61 Å². The van der Waals surface area contributed by atoms with Crippen LogP contribution in [0.25, 0.3) is 10.4 Å².